The molecule has 6 nitrogen and oxygen atoms in total. The largest absolute Gasteiger partial charge is 0.495 e. The van der Waals surface area contributed by atoms with Crippen molar-refractivity contribution in [2.75, 3.05) is 30.4 Å². The number of nitrogens with zero attached hydrogens (tertiary/aromatic N) is 4. The Kier molecular flexibility index (Phi) is 3.93. The quantitative estimate of drug-likeness (QED) is 0.874. The normalized spacial score (nSPS) is 15.8. The number of halogens is 1. The van der Waals surface area contributed by atoms with E-state index in [4.69, 9.17) is 9.72 Å². The van der Waals surface area contributed by atoms with Crippen LogP contribution in [0, 0.1) is 0 Å². The Morgan fingerprint density at radius 3 is 3.04 bits per heavy atom. The van der Waals surface area contributed by atoms with Gasteiger partial charge in [-0.1, -0.05) is 12.1 Å². The third-order valence-electron chi connectivity index (χ3n) is 3.96. The molecule has 7 heteroatoms. The summed E-state index contributed by atoms with van der Waals surface area (Å²) in [5.41, 5.74) is 1.81. The van der Waals surface area contributed by atoms with Crippen molar-refractivity contribution in [3.8, 4) is 5.75 Å². The van der Waals surface area contributed by atoms with E-state index in [1.807, 2.05) is 36.5 Å². The number of rotatable bonds is 3. The second kappa shape index (κ2) is 6.24. The van der Waals surface area contributed by atoms with Gasteiger partial charge in [0, 0.05) is 24.8 Å². The Bertz CT molecular complexity index is 849. The van der Waals surface area contributed by atoms with Gasteiger partial charge in [0.15, 0.2) is 0 Å². The van der Waals surface area contributed by atoms with E-state index in [9.17, 15) is 0 Å². The molecule has 1 N–H and O–H groups in total. The fourth-order valence-electron chi connectivity index (χ4n) is 2.85. The van der Waals surface area contributed by atoms with E-state index in [0.717, 1.165) is 52.6 Å². The van der Waals surface area contributed by atoms with Crippen molar-refractivity contribution in [2.24, 2.45) is 4.99 Å². The number of anilines is 3. The van der Waals surface area contributed by atoms with Crippen molar-refractivity contribution in [3.05, 3.63) is 40.5 Å². The summed E-state index contributed by atoms with van der Waals surface area (Å²) in [5.74, 6) is 3.11. The summed E-state index contributed by atoms with van der Waals surface area (Å²) in [7, 11) is 1.65. The Hall–Kier alpha value is -2.41. The summed E-state index contributed by atoms with van der Waals surface area (Å²) in [6.45, 7) is 1.75. The molecule has 0 aliphatic carbocycles. The predicted octanol–water partition coefficient (Wildman–Crippen LogP) is 3.59. The smallest absolute Gasteiger partial charge is 0.229 e. The number of hydrogen-bond donors (Lipinski definition) is 1. The number of amidine groups is 1. The predicted molar refractivity (Wildman–Crippen MR) is 99.5 cm³/mol. The van der Waals surface area contributed by atoms with Crippen molar-refractivity contribution in [2.45, 2.75) is 6.42 Å². The van der Waals surface area contributed by atoms with Crippen molar-refractivity contribution in [1.82, 2.24) is 9.97 Å². The Balaban J connectivity index is 1.71. The van der Waals surface area contributed by atoms with E-state index in [1.165, 1.54) is 0 Å². The molecule has 24 heavy (non-hydrogen) atoms. The van der Waals surface area contributed by atoms with E-state index in [-0.39, 0.29) is 0 Å². The molecular formula is C17H16BrN5O. The second-order valence-corrected chi connectivity index (χ2v) is 6.35. The molecule has 2 aliphatic rings. The summed E-state index contributed by atoms with van der Waals surface area (Å²) in [6, 6.07) is 7.71. The molecule has 0 unspecified atom stereocenters. The highest BCUT2D eigenvalue weighted by molar-refractivity contribution is 9.12. The lowest BCUT2D eigenvalue weighted by Crippen LogP contribution is -2.38. The third-order valence-corrected chi connectivity index (χ3v) is 4.54. The van der Waals surface area contributed by atoms with Crippen LogP contribution in [0.3, 0.4) is 0 Å². The van der Waals surface area contributed by atoms with Crippen LogP contribution in [0.15, 0.2) is 39.9 Å². The summed E-state index contributed by atoms with van der Waals surface area (Å²) in [5, 5.41) is 3.23. The zero-order valence-corrected chi connectivity index (χ0v) is 14.7. The third kappa shape index (κ3) is 2.65. The van der Waals surface area contributed by atoms with Gasteiger partial charge in [0.05, 0.1) is 17.3 Å². The molecule has 122 valence electrons. The van der Waals surface area contributed by atoms with Gasteiger partial charge in [-0.15, -0.1) is 0 Å². The number of benzene rings is 1. The minimum Gasteiger partial charge on any atom is -0.495 e. The molecular weight excluding hydrogens is 370 g/mol. The van der Waals surface area contributed by atoms with Crippen molar-refractivity contribution in [1.29, 1.82) is 0 Å². The number of para-hydroxylation sites is 2. The SMILES string of the molecule is COc1ccccc1Nc1ncc2c(n1)N1CCCN=C1C(Br)=C2. The molecule has 2 aromatic rings. The molecule has 1 aromatic carbocycles. The van der Waals surface area contributed by atoms with E-state index in [0.29, 0.717) is 5.95 Å². The highest BCUT2D eigenvalue weighted by Crippen LogP contribution is 2.33. The summed E-state index contributed by atoms with van der Waals surface area (Å²) in [4.78, 5) is 15.9. The van der Waals surface area contributed by atoms with Gasteiger partial charge < -0.3 is 15.0 Å². The van der Waals surface area contributed by atoms with Gasteiger partial charge in [-0.05, 0) is 40.6 Å². The minimum atomic E-state index is 0.537. The maximum absolute atomic E-state index is 5.37. The van der Waals surface area contributed by atoms with Crippen molar-refractivity contribution in [3.63, 3.8) is 0 Å². The maximum Gasteiger partial charge on any atom is 0.229 e. The topological polar surface area (TPSA) is 62.6 Å². The highest BCUT2D eigenvalue weighted by atomic mass is 79.9. The molecule has 0 spiro atoms. The number of aliphatic imine (C=N–C) groups is 1. The number of hydrogen-bond acceptors (Lipinski definition) is 6. The molecule has 0 saturated heterocycles. The van der Waals surface area contributed by atoms with Crippen LogP contribution in [0.5, 0.6) is 5.75 Å². The van der Waals surface area contributed by atoms with Crippen molar-refractivity contribution < 1.29 is 4.74 Å². The van der Waals surface area contributed by atoms with Crippen LogP contribution in [0.25, 0.3) is 6.08 Å². The van der Waals surface area contributed by atoms with Gasteiger partial charge in [0.25, 0.3) is 0 Å². The monoisotopic (exact) mass is 385 g/mol. The number of fused-ring (bicyclic) bond motifs is 3. The molecule has 0 fully saturated rings. The maximum atomic E-state index is 5.37. The lowest BCUT2D eigenvalue weighted by atomic mass is 10.1. The molecule has 0 radical (unpaired) electrons. The first-order chi connectivity index (χ1) is 11.8. The van der Waals surface area contributed by atoms with E-state index < -0.39 is 0 Å². The molecule has 3 heterocycles. The van der Waals surface area contributed by atoms with E-state index in [2.05, 4.69) is 36.1 Å². The number of ether oxygens (including phenoxy) is 1. The fraction of sp³-hybridized carbons (Fsp3) is 0.235. The lowest BCUT2D eigenvalue weighted by molar-refractivity contribution is 0.417. The van der Waals surface area contributed by atoms with Crippen LogP contribution in [0.4, 0.5) is 17.5 Å². The Labute approximate surface area is 148 Å². The zero-order valence-electron chi connectivity index (χ0n) is 13.2. The fourth-order valence-corrected chi connectivity index (χ4v) is 3.43. The minimum absolute atomic E-state index is 0.537. The first kappa shape index (κ1) is 15.1. The molecule has 0 saturated carbocycles. The Morgan fingerprint density at radius 1 is 1.29 bits per heavy atom. The first-order valence-corrected chi connectivity index (χ1v) is 8.52. The van der Waals surface area contributed by atoms with Gasteiger partial charge in [0.1, 0.15) is 17.4 Å². The Morgan fingerprint density at radius 2 is 2.17 bits per heavy atom. The van der Waals surface area contributed by atoms with Crippen molar-refractivity contribution >= 4 is 45.3 Å². The molecule has 4 rings (SSSR count). The van der Waals surface area contributed by atoms with Crippen LogP contribution in [0.1, 0.15) is 12.0 Å². The van der Waals surface area contributed by atoms with E-state index in [1.54, 1.807) is 7.11 Å². The van der Waals surface area contributed by atoms with Crippen LogP contribution in [-0.4, -0.2) is 36.0 Å². The average Bonchev–Trinajstić information content (AvgIpc) is 2.63. The molecule has 2 aliphatic heterocycles. The van der Waals surface area contributed by atoms with Crippen LogP contribution in [-0.2, 0) is 0 Å². The average molecular weight is 386 g/mol. The first-order valence-electron chi connectivity index (χ1n) is 7.73. The molecule has 1 aromatic heterocycles. The second-order valence-electron chi connectivity index (χ2n) is 5.50. The van der Waals surface area contributed by atoms with Gasteiger partial charge in [-0.2, -0.15) is 4.98 Å². The standard InChI is InChI=1S/C17H16BrN5O/c1-24-14-6-3-2-5-13(14)21-17-20-10-11-9-12(18)16-19-7-4-8-23(16)15(11)22-17/h2-3,5-6,9-10H,4,7-8H2,1H3,(H,20,21,22). The van der Waals surface area contributed by atoms with Gasteiger partial charge >= 0.3 is 0 Å². The van der Waals surface area contributed by atoms with E-state index >= 15 is 0 Å². The van der Waals surface area contributed by atoms with Crippen LogP contribution < -0.4 is 15.0 Å². The molecule has 0 atom stereocenters. The zero-order chi connectivity index (χ0) is 16.5. The molecule has 0 amide bonds. The van der Waals surface area contributed by atoms with Gasteiger partial charge in [-0.25, -0.2) is 4.98 Å². The summed E-state index contributed by atoms with van der Waals surface area (Å²) >= 11 is 3.59. The summed E-state index contributed by atoms with van der Waals surface area (Å²) < 4.78 is 6.34. The van der Waals surface area contributed by atoms with Gasteiger partial charge in [-0.3, -0.25) is 4.99 Å². The highest BCUT2D eigenvalue weighted by Gasteiger charge is 2.27. The lowest BCUT2D eigenvalue weighted by Gasteiger charge is -2.32. The number of aromatic nitrogens is 2. The van der Waals surface area contributed by atoms with Crippen LogP contribution in [0.2, 0.25) is 0 Å². The van der Waals surface area contributed by atoms with Gasteiger partial charge in [0.2, 0.25) is 5.95 Å². The summed E-state index contributed by atoms with van der Waals surface area (Å²) in [6.07, 6.45) is 4.86. The number of methoxy groups -OCH3 is 1. The molecule has 0 bridgehead atoms. The van der Waals surface area contributed by atoms with Crippen LogP contribution >= 0.6 is 15.9 Å². The number of nitrogens with one attached hydrogen (secondary N) is 1.